The second-order valence-corrected chi connectivity index (χ2v) is 8.60. The van der Waals surface area contributed by atoms with Gasteiger partial charge in [-0.05, 0) is 35.9 Å². The largest absolute Gasteiger partial charge is 0.419 e. The van der Waals surface area contributed by atoms with E-state index in [1.54, 1.807) is 20.2 Å². The lowest BCUT2D eigenvalue weighted by Gasteiger charge is -2.20. The molecule has 1 N–H and O–H groups in total. The van der Waals surface area contributed by atoms with Crippen molar-refractivity contribution in [2.24, 2.45) is 7.05 Å². The summed E-state index contributed by atoms with van der Waals surface area (Å²) in [7, 11) is 5.21. The number of hydrogen-bond acceptors (Lipinski definition) is 7. The van der Waals surface area contributed by atoms with Crippen LogP contribution in [-0.2, 0) is 27.7 Å². The Bertz CT molecular complexity index is 1260. The molecule has 1 amide bonds. The Balaban J connectivity index is 1.41. The van der Waals surface area contributed by atoms with Crippen LogP contribution in [-0.4, -0.2) is 67.5 Å². The second kappa shape index (κ2) is 10.2. The van der Waals surface area contributed by atoms with E-state index >= 15 is 0 Å². The van der Waals surface area contributed by atoms with Crippen LogP contribution in [0, 0.1) is 11.3 Å². The smallest absolute Gasteiger partial charge is 0.408 e. The second-order valence-electron chi connectivity index (χ2n) is 8.60. The third-order valence-corrected chi connectivity index (χ3v) is 6.09. The molecule has 0 spiro atoms. The molecule has 0 unspecified atom stereocenters. The van der Waals surface area contributed by atoms with Gasteiger partial charge in [-0.2, -0.15) is 5.26 Å². The van der Waals surface area contributed by atoms with Gasteiger partial charge in [0.1, 0.15) is 12.1 Å². The van der Waals surface area contributed by atoms with Crippen molar-refractivity contribution in [3.8, 4) is 17.2 Å². The molecule has 1 fully saturated rings. The number of carbonyl (C=O) groups excluding carboxylic acids is 1. The maximum Gasteiger partial charge on any atom is 0.419 e. The predicted molar refractivity (Wildman–Crippen MR) is 126 cm³/mol. The summed E-state index contributed by atoms with van der Waals surface area (Å²) in [6.07, 6.45) is -0.370. The van der Waals surface area contributed by atoms with E-state index in [2.05, 4.69) is 11.4 Å². The molecule has 3 atom stereocenters. The predicted octanol–water partition coefficient (Wildman–Crippen LogP) is 1.69. The number of likely N-dealkylation sites (N-methyl/N-ethyl adjacent to an activating group) is 1. The van der Waals surface area contributed by atoms with Gasteiger partial charge in [-0.25, -0.2) is 4.79 Å². The van der Waals surface area contributed by atoms with Crippen LogP contribution in [0.2, 0.25) is 0 Å². The minimum absolute atomic E-state index is 0.0906. The molecule has 178 valence electrons. The molecule has 1 aliphatic heterocycles. The molecule has 1 aliphatic rings. The highest BCUT2D eigenvalue weighted by molar-refractivity contribution is 5.82. The summed E-state index contributed by atoms with van der Waals surface area (Å²) in [4.78, 5) is 26.5. The van der Waals surface area contributed by atoms with Crippen LogP contribution in [0.1, 0.15) is 5.56 Å². The van der Waals surface area contributed by atoms with Crippen LogP contribution < -0.4 is 11.1 Å². The Hall–Kier alpha value is -3.45. The first-order chi connectivity index (χ1) is 16.4. The number of nitriles is 1. The number of methoxy groups -OCH3 is 1. The van der Waals surface area contributed by atoms with E-state index in [0.717, 1.165) is 22.2 Å². The highest BCUT2D eigenvalue weighted by atomic mass is 16.5. The van der Waals surface area contributed by atoms with Gasteiger partial charge in [0.2, 0.25) is 0 Å². The summed E-state index contributed by atoms with van der Waals surface area (Å²) < 4.78 is 17.7. The maximum absolute atomic E-state index is 12.7. The minimum atomic E-state index is -0.675. The van der Waals surface area contributed by atoms with Gasteiger partial charge in [0, 0.05) is 33.7 Å². The zero-order valence-corrected chi connectivity index (χ0v) is 19.5. The highest BCUT2D eigenvalue weighted by Gasteiger charge is 2.28. The average Bonchev–Trinajstić information content (AvgIpc) is 3.00. The summed E-state index contributed by atoms with van der Waals surface area (Å²) in [6, 6.07) is 14.9. The van der Waals surface area contributed by atoms with Gasteiger partial charge in [-0.1, -0.05) is 30.3 Å². The molecular weight excluding hydrogens is 436 g/mol. The van der Waals surface area contributed by atoms with Crippen molar-refractivity contribution in [2.45, 2.75) is 24.7 Å². The summed E-state index contributed by atoms with van der Waals surface area (Å²) >= 11 is 0. The number of rotatable bonds is 6. The van der Waals surface area contributed by atoms with Crippen molar-refractivity contribution in [2.75, 3.05) is 33.9 Å². The SMILES string of the molecule is CO[C@@H]1CO[C@H](C(=O)N[C@H](C#N)Cc2ccc(-c3ccc4oc(=O)n(C)c4c3)cc2)CN(C)C1. The number of fused-ring (bicyclic) bond motifs is 1. The molecule has 34 heavy (non-hydrogen) atoms. The monoisotopic (exact) mass is 464 g/mol. The van der Waals surface area contributed by atoms with Crippen molar-refractivity contribution >= 4 is 17.0 Å². The fourth-order valence-corrected chi connectivity index (χ4v) is 4.10. The molecule has 0 aliphatic carbocycles. The Morgan fingerprint density at radius 3 is 2.65 bits per heavy atom. The molecule has 2 heterocycles. The first kappa shape index (κ1) is 23.7. The Labute approximate surface area is 197 Å². The third kappa shape index (κ3) is 5.20. The van der Waals surface area contributed by atoms with Crippen LogP contribution in [0.5, 0.6) is 0 Å². The molecule has 9 heteroatoms. The normalized spacial score (nSPS) is 19.9. The zero-order chi connectivity index (χ0) is 24.2. The maximum atomic E-state index is 12.7. The number of benzene rings is 2. The van der Waals surface area contributed by atoms with E-state index in [1.807, 2.05) is 48.3 Å². The van der Waals surface area contributed by atoms with E-state index in [0.29, 0.717) is 31.7 Å². The van der Waals surface area contributed by atoms with Crippen molar-refractivity contribution in [3.63, 3.8) is 0 Å². The van der Waals surface area contributed by atoms with Crippen molar-refractivity contribution in [1.29, 1.82) is 5.26 Å². The van der Waals surface area contributed by atoms with Gasteiger partial charge in [-0.15, -0.1) is 0 Å². The van der Waals surface area contributed by atoms with Gasteiger partial charge in [0.25, 0.3) is 5.91 Å². The van der Waals surface area contributed by atoms with E-state index in [1.165, 1.54) is 4.57 Å². The van der Waals surface area contributed by atoms with E-state index in [9.17, 15) is 14.9 Å². The minimum Gasteiger partial charge on any atom is -0.408 e. The molecular formula is C25H28N4O5. The van der Waals surface area contributed by atoms with Gasteiger partial charge < -0.3 is 24.1 Å². The molecule has 4 rings (SSSR count). The van der Waals surface area contributed by atoms with E-state index < -0.39 is 17.9 Å². The van der Waals surface area contributed by atoms with E-state index in [-0.39, 0.29) is 12.0 Å². The molecule has 0 radical (unpaired) electrons. The van der Waals surface area contributed by atoms with Crippen LogP contribution >= 0.6 is 0 Å². The number of oxazole rings is 1. The number of hydrogen-bond donors (Lipinski definition) is 1. The number of carbonyl (C=O) groups is 1. The molecule has 0 saturated carbocycles. The zero-order valence-electron chi connectivity index (χ0n) is 19.5. The quantitative estimate of drug-likeness (QED) is 0.591. The topological polar surface area (TPSA) is 110 Å². The fraction of sp³-hybridized carbons (Fsp3) is 0.400. The van der Waals surface area contributed by atoms with Crippen molar-refractivity contribution in [1.82, 2.24) is 14.8 Å². The molecule has 9 nitrogen and oxygen atoms in total. The summed E-state index contributed by atoms with van der Waals surface area (Å²) in [5.41, 5.74) is 4.11. The van der Waals surface area contributed by atoms with Crippen molar-refractivity contribution in [3.05, 3.63) is 58.6 Å². The lowest BCUT2D eigenvalue weighted by Crippen LogP contribution is -2.46. The number of amides is 1. The molecule has 2 aromatic carbocycles. The number of nitrogens with zero attached hydrogens (tertiary/aromatic N) is 3. The van der Waals surface area contributed by atoms with Crippen LogP contribution in [0.3, 0.4) is 0 Å². The number of ether oxygens (including phenoxy) is 2. The lowest BCUT2D eigenvalue weighted by molar-refractivity contribution is -0.134. The molecule has 1 aromatic heterocycles. The summed E-state index contributed by atoms with van der Waals surface area (Å²) in [5.74, 6) is -0.697. The number of aryl methyl sites for hydroxylation is 1. The Kier molecular flexibility index (Phi) is 7.12. The van der Waals surface area contributed by atoms with Crippen LogP contribution in [0.15, 0.2) is 51.7 Å². The molecule has 0 bridgehead atoms. The van der Waals surface area contributed by atoms with Gasteiger partial charge in [-0.3, -0.25) is 9.36 Å². The third-order valence-electron chi connectivity index (χ3n) is 6.09. The fourth-order valence-electron chi connectivity index (χ4n) is 4.10. The van der Waals surface area contributed by atoms with E-state index in [4.69, 9.17) is 13.9 Å². The van der Waals surface area contributed by atoms with Gasteiger partial charge >= 0.3 is 5.76 Å². The van der Waals surface area contributed by atoms with Gasteiger partial charge in [0.15, 0.2) is 5.58 Å². The van der Waals surface area contributed by atoms with Crippen LogP contribution in [0.25, 0.3) is 22.2 Å². The highest BCUT2D eigenvalue weighted by Crippen LogP contribution is 2.24. The Morgan fingerprint density at radius 1 is 1.21 bits per heavy atom. The molecule has 3 aromatic rings. The molecule has 1 saturated heterocycles. The van der Waals surface area contributed by atoms with Crippen LogP contribution in [0.4, 0.5) is 0 Å². The number of aromatic nitrogens is 1. The first-order valence-electron chi connectivity index (χ1n) is 11.1. The first-order valence-corrected chi connectivity index (χ1v) is 11.1. The van der Waals surface area contributed by atoms with Gasteiger partial charge in [0.05, 0.1) is 24.3 Å². The lowest BCUT2D eigenvalue weighted by atomic mass is 10.0. The average molecular weight is 465 g/mol. The summed E-state index contributed by atoms with van der Waals surface area (Å²) in [5, 5.41) is 12.4. The number of nitrogens with one attached hydrogen (secondary N) is 1. The van der Waals surface area contributed by atoms with Crippen molar-refractivity contribution < 1.29 is 18.7 Å². The Morgan fingerprint density at radius 2 is 1.94 bits per heavy atom. The summed E-state index contributed by atoms with van der Waals surface area (Å²) in [6.45, 7) is 1.44. The standard InChI is InChI=1S/C25H28N4O5/c1-28-13-20(32-3)15-33-23(14-28)24(30)27-19(12-26)10-16-4-6-17(7-5-16)18-8-9-22-21(11-18)29(2)25(31)34-22/h4-9,11,19-20,23H,10,13-15H2,1-3H3,(H,27,30)/t19-,20-,23-/m0/s1.